The number of carbonyl (C=O) groups excluding carboxylic acids is 1. The second-order valence-electron chi connectivity index (χ2n) is 7.20. The maximum atomic E-state index is 13.9. The van der Waals surface area contributed by atoms with Crippen LogP contribution in [-0.4, -0.2) is 34.7 Å². The third-order valence-electron chi connectivity index (χ3n) is 5.05. The number of methoxy groups -OCH3 is 2. The van der Waals surface area contributed by atoms with E-state index < -0.39 is 17.8 Å². The highest BCUT2D eigenvalue weighted by atomic mass is 79.9. The molecule has 0 aliphatic carbocycles. The van der Waals surface area contributed by atoms with Crippen molar-refractivity contribution in [1.82, 2.24) is 19.9 Å². The molecule has 11 heteroatoms. The molecule has 4 aromatic rings. The van der Waals surface area contributed by atoms with Gasteiger partial charge in [0.1, 0.15) is 5.56 Å². The molecule has 0 spiro atoms. The molecule has 0 aliphatic heterocycles. The molecule has 0 unspecified atom stereocenters. The van der Waals surface area contributed by atoms with E-state index in [1.807, 2.05) is 24.3 Å². The summed E-state index contributed by atoms with van der Waals surface area (Å²) < 4.78 is 53.5. The summed E-state index contributed by atoms with van der Waals surface area (Å²) in [7, 11) is 2.87. The largest absolute Gasteiger partial charge is 0.493 e. The first-order valence-corrected chi connectivity index (χ1v) is 10.7. The minimum absolute atomic E-state index is 0.00300. The van der Waals surface area contributed by atoms with E-state index in [0.717, 1.165) is 22.3 Å². The molecular formula is C23H18BrF3N4O3. The average Bonchev–Trinajstić information content (AvgIpc) is 3.25. The summed E-state index contributed by atoms with van der Waals surface area (Å²) in [4.78, 5) is 17.2. The first-order valence-electron chi connectivity index (χ1n) is 9.92. The Kier molecular flexibility index (Phi) is 6.47. The lowest BCUT2D eigenvalue weighted by Crippen LogP contribution is -2.23. The standard InChI is InChI=1S/C23H18BrF3N4O3/c1-33-18-8-5-14(9-19(18)34-2)17-10-20(23(25,26)27)31-21(30-17)16(12-29-31)22(32)28-11-13-3-6-15(24)7-4-13/h3-10,12H,11H2,1-2H3,(H,28,32). The molecule has 4 rings (SSSR count). The fourth-order valence-corrected chi connectivity index (χ4v) is 3.61. The average molecular weight is 535 g/mol. The smallest absolute Gasteiger partial charge is 0.433 e. The molecule has 1 N–H and O–H groups in total. The Morgan fingerprint density at radius 1 is 1.06 bits per heavy atom. The van der Waals surface area contributed by atoms with Gasteiger partial charge in [-0.15, -0.1) is 0 Å². The van der Waals surface area contributed by atoms with Gasteiger partial charge in [0.25, 0.3) is 5.91 Å². The SMILES string of the molecule is COc1ccc(-c2cc(C(F)(F)F)n3ncc(C(=O)NCc4ccc(Br)cc4)c3n2)cc1OC. The van der Waals surface area contributed by atoms with Crippen molar-refractivity contribution in [2.75, 3.05) is 14.2 Å². The van der Waals surface area contributed by atoms with Crippen LogP contribution in [0.25, 0.3) is 16.9 Å². The third kappa shape index (κ3) is 4.69. The number of nitrogens with zero attached hydrogens (tertiary/aromatic N) is 3. The van der Waals surface area contributed by atoms with Gasteiger partial charge in [0.2, 0.25) is 0 Å². The third-order valence-corrected chi connectivity index (χ3v) is 5.58. The van der Waals surface area contributed by atoms with Gasteiger partial charge in [0.15, 0.2) is 22.8 Å². The van der Waals surface area contributed by atoms with Crippen molar-refractivity contribution in [2.24, 2.45) is 0 Å². The molecule has 0 atom stereocenters. The molecule has 0 saturated carbocycles. The summed E-state index contributed by atoms with van der Waals surface area (Å²) in [6.07, 6.45) is -3.66. The van der Waals surface area contributed by atoms with Gasteiger partial charge in [0, 0.05) is 16.6 Å². The van der Waals surface area contributed by atoms with E-state index in [2.05, 4.69) is 31.3 Å². The van der Waals surface area contributed by atoms with Crippen molar-refractivity contribution in [3.63, 3.8) is 0 Å². The Hall–Kier alpha value is -3.60. The van der Waals surface area contributed by atoms with Crippen molar-refractivity contribution in [2.45, 2.75) is 12.7 Å². The minimum atomic E-state index is -4.73. The number of benzene rings is 2. The normalized spacial score (nSPS) is 11.5. The lowest BCUT2D eigenvalue weighted by Gasteiger charge is -2.13. The summed E-state index contributed by atoms with van der Waals surface area (Å²) in [6, 6.07) is 12.8. The maximum absolute atomic E-state index is 13.9. The van der Waals surface area contributed by atoms with Crippen LogP contribution in [0.4, 0.5) is 13.2 Å². The number of halogens is 4. The summed E-state index contributed by atoms with van der Waals surface area (Å²) in [6.45, 7) is 0.185. The van der Waals surface area contributed by atoms with Crippen LogP contribution < -0.4 is 14.8 Å². The van der Waals surface area contributed by atoms with Gasteiger partial charge in [0.05, 0.1) is 26.1 Å². The minimum Gasteiger partial charge on any atom is -0.493 e. The zero-order valence-electron chi connectivity index (χ0n) is 18.0. The summed E-state index contributed by atoms with van der Waals surface area (Å²) in [5.41, 5.74) is -0.175. The van der Waals surface area contributed by atoms with Gasteiger partial charge >= 0.3 is 6.18 Å². The number of alkyl halides is 3. The van der Waals surface area contributed by atoms with Crippen LogP contribution in [0.2, 0.25) is 0 Å². The number of aromatic nitrogens is 3. The number of hydrogen-bond donors (Lipinski definition) is 1. The van der Waals surface area contributed by atoms with E-state index in [1.165, 1.54) is 20.3 Å². The Bertz CT molecular complexity index is 1350. The van der Waals surface area contributed by atoms with Crippen molar-refractivity contribution < 1.29 is 27.4 Å². The van der Waals surface area contributed by atoms with Crippen LogP contribution in [0.15, 0.2) is 59.2 Å². The molecule has 2 aromatic heterocycles. The Morgan fingerprint density at radius 2 is 1.76 bits per heavy atom. The monoisotopic (exact) mass is 534 g/mol. The molecule has 2 heterocycles. The van der Waals surface area contributed by atoms with Gasteiger partial charge in [-0.1, -0.05) is 28.1 Å². The Morgan fingerprint density at radius 3 is 2.41 bits per heavy atom. The van der Waals surface area contributed by atoms with Crippen LogP contribution in [0.3, 0.4) is 0 Å². The van der Waals surface area contributed by atoms with Gasteiger partial charge in [-0.05, 0) is 42.0 Å². The summed E-state index contributed by atoms with van der Waals surface area (Å²) in [5, 5.41) is 6.49. The van der Waals surface area contributed by atoms with E-state index in [9.17, 15) is 18.0 Å². The Labute approximate surface area is 200 Å². The second kappa shape index (κ2) is 9.34. The van der Waals surface area contributed by atoms with Crippen LogP contribution in [0, 0.1) is 0 Å². The lowest BCUT2D eigenvalue weighted by molar-refractivity contribution is -0.142. The highest BCUT2D eigenvalue weighted by Crippen LogP contribution is 2.35. The molecule has 0 bridgehead atoms. The molecular weight excluding hydrogens is 517 g/mol. The first kappa shape index (κ1) is 23.6. The molecule has 0 radical (unpaired) electrons. The van der Waals surface area contributed by atoms with Crippen molar-refractivity contribution in [3.8, 4) is 22.8 Å². The fourth-order valence-electron chi connectivity index (χ4n) is 3.35. The lowest BCUT2D eigenvalue weighted by atomic mass is 10.1. The van der Waals surface area contributed by atoms with Crippen molar-refractivity contribution in [3.05, 3.63) is 76.0 Å². The number of rotatable bonds is 6. The van der Waals surface area contributed by atoms with Gasteiger partial charge in [-0.3, -0.25) is 4.79 Å². The molecule has 176 valence electrons. The van der Waals surface area contributed by atoms with Crippen LogP contribution in [0.1, 0.15) is 21.6 Å². The molecule has 0 aliphatic rings. The topological polar surface area (TPSA) is 77.8 Å². The highest BCUT2D eigenvalue weighted by molar-refractivity contribution is 9.10. The number of fused-ring (bicyclic) bond motifs is 1. The van der Waals surface area contributed by atoms with Crippen LogP contribution in [0.5, 0.6) is 11.5 Å². The maximum Gasteiger partial charge on any atom is 0.433 e. The summed E-state index contributed by atoms with van der Waals surface area (Å²) in [5.74, 6) is 0.153. The number of nitrogens with one attached hydrogen (secondary N) is 1. The number of carbonyl (C=O) groups is 1. The van der Waals surface area contributed by atoms with Gasteiger partial charge < -0.3 is 14.8 Å². The molecule has 7 nitrogen and oxygen atoms in total. The van der Waals surface area contributed by atoms with Crippen LogP contribution >= 0.6 is 15.9 Å². The molecule has 0 fully saturated rings. The first-order chi connectivity index (χ1) is 16.2. The van der Waals surface area contributed by atoms with Crippen molar-refractivity contribution in [1.29, 1.82) is 0 Å². The van der Waals surface area contributed by atoms with Crippen LogP contribution in [-0.2, 0) is 12.7 Å². The van der Waals surface area contributed by atoms with Gasteiger partial charge in [-0.25, -0.2) is 9.50 Å². The van der Waals surface area contributed by atoms with E-state index in [1.54, 1.807) is 12.1 Å². The quantitative estimate of drug-likeness (QED) is 0.371. The fraction of sp³-hybridized carbons (Fsp3) is 0.174. The van der Waals surface area contributed by atoms with E-state index in [0.29, 0.717) is 21.6 Å². The predicted molar refractivity (Wildman–Crippen MR) is 122 cm³/mol. The molecule has 34 heavy (non-hydrogen) atoms. The zero-order valence-corrected chi connectivity index (χ0v) is 19.6. The second-order valence-corrected chi connectivity index (χ2v) is 8.11. The number of ether oxygens (including phenoxy) is 2. The highest BCUT2D eigenvalue weighted by Gasteiger charge is 2.36. The summed E-state index contributed by atoms with van der Waals surface area (Å²) >= 11 is 3.34. The van der Waals surface area contributed by atoms with E-state index >= 15 is 0 Å². The van der Waals surface area contributed by atoms with E-state index in [4.69, 9.17) is 9.47 Å². The number of hydrogen-bond acceptors (Lipinski definition) is 5. The molecule has 2 aromatic carbocycles. The van der Waals surface area contributed by atoms with E-state index in [-0.39, 0.29) is 23.4 Å². The Balaban J connectivity index is 1.76. The zero-order chi connectivity index (χ0) is 24.5. The predicted octanol–water partition coefficient (Wildman–Crippen LogP) is 5.12. The van der Waals surface area contributed by atoms with Crippen molar-refractivity contribution >= 4 is 27.5 Å². The molecule has 1 amide bonds. The van der Waals surface area contributed by atoms with Gasteiger partial charge in [-0.2, -0.15) is 18.3 Å². The molecule has 0 saturated heterocycles. The number of amides is 1.